The highest BCUT2D eigenvalue weighted by Gasteiger charge is 2.40. The molecule has 5 rings (SSSR count). The van der Waals surface area contributed by atoms with Gasteiger partial charge in [-0.25, -0.2) is 4.39 Å². The smallest absolute Gasteiger partial charge is 0.227 e. The van der Waals surface area contributed by atoms with Gasteiger partial charge in [0, 0.05) is 53.6 Å². The zero-order valence-electron chi connectivity index (χ0n) is 21.7. The molecule has 204 valence electrons. The van der Waals surface area contributed by atoms with Gasteiger partial charge in [-0.05, 0) is 60.7 Å². The molecule has 0 N–H and O–H groups in total. The number of fused-ring (bicyclic) bond motifs is 1. The van der Waals surface area contributed by atoms with Crippen molar-refractivity contribution in [1.82, 2.24) is 9.80 Å². The normalized spacial score (nSPS) is 16.5. The van der Waals surface area contributed by atoms with Crippen LogP contribution in [0.4, 0.5) is 4.39 Å². The van der Waals surface area contributed by atoms with Crippen molar-refractivity contribution in [3.05, 3.63) is 99.3 Å². The number of hydrogen-bond acceptors (Lipinski definition) is 3. The van der Waals surface area contributed by atoms with Crippen LogP contribution in [0.3, 0.4) is 0 Å². The molecule has 8 heteroatoms. The fraction of sp³-hybridized carbons (Fsp3) is 0.355. The van der Waals surface area contributed by atoms with Gasteiger partial charge in [0.2, 0.25) is 11.8 Å². The minimum absolute atomic E-state index is 0.0936. The standard InChI is InChI=1S/C31H31Cl2FN2O3/c32-24-7-3-8-25(17-24)39-21-31(19-30(38)36-14-11-22-5-1-2-6-23(22)20-36)12-15-35(16-13-31)29(37)18-26-27(33)9-4-10-28(26)34/h1-10,17H,11-16,18-21H2. The Morgan fingerprint density at radius 3 is 2.36 bits per heavy atom. The molecule has 0 saturated carbocycles. The Morgan fingerprint density at radius 2 is 1.62 bits per heavy atom. The van der Waals surface area contributed by atoms with Crippen molar-refractivity contribution in [1.29, 1.82) is 0 Å². The molecule has 0 spiro atoms. The highest BCUT2D eigenvalue weighted by molar-refractivity contribution is 6.31. The van der Waals surface area contributed by atoms with Crippen molar-refractivity contribution in [2.24, 2.45) is 5.41 Å². The summed E-state index contributed by atoms with van der Waals surface area (Å²) >= 11 is 12.3. The van der Waals surface area contributed by atoms with Gasteiger partial charge in [0.05, 0.1) is 13.0 Å². The Balaban J connectivity index is 1.28. The molecule has 5 nitrogen and oxygen atoms in total. The lowest BCUT2D eigenvalue weighted by molar-refractivity contribution is -0.138. The molecule has 0 aliphatic carbocycles. The molecule has 1 fully saturated rings. The molecule has 39 heavy (non-hydrogen) atoms. The number of likely N-dealkylation sites (tertiary alicyclic amines) is 1. The van der Waals surface area contributed by atoms with E-state index < -0.39 is 11.2 Å². The van der Waals surface area contributed by atoms with Crippen LogP contribution in [-0.2, 0) is 29.0 Å². The first-order chi connectivity index (χ1) is 18.8. The van der Waals surface area contributed by atoms with Crippen LogP contribution < -0.4 is 4.74 Å². The summed E-state index contributed by atoms with van der Waals surface area (Å²) in [6, 6.07) is 19.9. The summed E-state index contributed by atoms with van der Waals surface area (Å²) in [7, 11) is 0. The van der Waals surface area contributed by atoms with Crippen molar-refractivity contribution in [2.45, 2.75) is 38.6 Å². The molecular weight excluding hydrogens is 538 g/mol. The van der Waals surface area contributed by atoms with Crippen molar-refractivity contribution in [3.63, 3.8) is 0 Å². The Kier molecular flexibility index (Phi) is 8.43. The molecule has 0 aromatic heterocycles. The summed E-state index contributed by atoms with van der Waals surface area (Å²) < 4.78 is 20.5. The second kappa shape index (κ2) is 12.0. The molecule has 2 amide bonds. The topological polar surface area (TPSA) is 49.9 Å². The molecular formula is C31H31Cl2FN2O3. The first-order valence-electron chi connectivity index (χ1n) is 13.3. The van der Waals surface area contributed by atoms with Gasteiger partial charge in [0.25, 0.3) is 0 Å². The monoisotopic (exact) mass is 568 g/mol. The average molecular weight is 570 g/mol. The molecule has 2 aliphatic rings. The lowest BCUT2D eigenvalue weighted by Crippen LogP contribution is -2.48. The van der Waals surface area contributed by atoms with Gasteiger partial charge < -0.3 is 14.5 Å². The van der Waals surface area contributed by atoms with Crippen LogP contribution >= 0.6 is 23.2 Å². The molecule has 2 heterocycles. The van der Waals surface area contributed by atoms with E-state index >= 15 is 0 Å². The Hall–Kier alpha value is -3.09. The number of rotatable bonds is 7. The number of nitrogens with zero attached hydrogens (tertiary/aromatic N) is 2. The predicted octanol–water partition coefficient (Wildman–Crippen LogP) is 6.34. The van der Waals surface area contributed by atoms with Gasteiger partial charge in [-0.2, -0.15) is 0 Å². The summed E-state index contributed by atoms with van der Waals surface area (Å²) in [4.78, 5) is 30.3. The van der Waals surface area contributed by atoms with Crippen LogP contribution in [0.15, 0.2) is 66.7 Å². The van der Waals surface area contributed by atoms with Crippen LogP contribution in [0.25, 0.3) is 0 Å². The molecule has 0 atom stereocenters. The molecule has 0 unspecified atom stereocenters. The number of piperidine rings is 1. The zero-order valence-corrected chi connectivity index (χ0v) is 23.2. The fourth-order valence-corrected chi connectivity index (χ4v) is 5.91. The number of benzene rings is 3. The molecule has 2 aliphatic heterocycles. The SMILES string of the molecule is O=C(Cc1c(F)cccc1Cl)N1CCC(COc2cccc(Cl)c2)(CC(=O)N2CCc3ccccc3C2)CC1. The molecule has 3 aromatic carbocycles. The number of hydrogen-bond donors (Lipinski definition) is 0. The third-order valence-corrected chi connectivity index (χ3v) is 8.51. The van der Waals surface area contributed by atoms with Crippen molar-refractivity contribution in [3.8, 4) is 5.75 Å². The van der Waals surface area contributed by atoms with Crippen molar-refractivity contribution < 1.29 is 18.7 Å². The first kappa shape index (κ1) is 27.5. The Bertz CT molecular complexity index is 1340. The Morgan fingerprint density at radius 1 is 0.872 bits per heavy atom. The van der Waals surface area contributed by atoms with E-state index in [1.165, 1.54) is 23.3 Å². The van der Waals surface area contributed by atoms with Crippen LogP contribution in [0.5, 0.6) is 5.75 Å². The first-order valence-corrected chi connectivity index (χ1v) is 14.0. The molecule has 1 saturated heterocycles. The van der Waals surface area contributed by atoms with Gasteiger partial charge >= 0.3 is 0 Å². The fourth-order valence-electron chi connectivity index (χ4n) is 5.50. The van der Waals surface area contributed by atoms with Crippen LogP contribution in [-0.4, -0.2) is 47.9 Å². The molecule has 0 bridgehead atoms. The lowest BCUT2D eigenvalue weighted by atomic mass is 9.75. The number of carbonyl (C=O) groups is 2. The van der Waals surface area contributed by atoms with Gasteiger partial charge in [-0.15, -0.1) is 0 Å². The van der Waals surface area contributed by atoms with E-state index in [2.05, 4.69) is 12.1 Å². The van der Waals surface area contributed by atoms with Gasteiger partial charge in [-0.3, -0.25) is 9.59 Å². The second-order valence-corrected chi connectivity index (χ2v) is 11.4. The summed E-state index contributed by atoms with van der Waals surface area (Å²) in [5.41, 5.74) is 2.25. The van der Waals surface area contributed by atoms with Gasteiger partial charge in [0.15, 0.2) is 0 Å². The summed E-state index contributed by atoms with van der Waals surface area (Å²) in [5, 5.41) is 0.829. The predicted molar refractivity (Wildman–Crippen MR) is 150 cm³/mol. The van der Waals surface area contributed by atoms with Crippen LogP contribution in [0.2, 0.25) is 10.0 Å². The largest absolute Gasteiger partial charge is 0.493 e. The van der Waals surface area contributed by atoms with Gasteiger partial charge in [-0.1, -0.05) is 59.6 Å². The third kappa shape index (κ3) is 6.56. The second-order valence-electron chi connectivity index (χ2n) is 10.5. The lowest BCUT2D eigenvalue weighted by Gasteiger charge is -2.42. The van der Waals surface area contributed by atoms with E-state index in [1.54, 1.807) is 23.1 Å². The highest BCUT2D eigenvalue weighted by atomic mass is 35.5. The van der Waals surface area contributed by atoms with Crippen molar-refractivity contribution in [2.75, 3.05) is 26.2 Å². The number of ether oxygens (including phenoxy) is 1. The maximum Gasteiger partial charge on any atom is 0.227 e. The number of carbonyl (C=O) groups excluding carboxylic acids is 2. The van der Waals surface area contributed by atoms with E-state index in [-0.39, 0.29) is 28.8 Å². The highest BCUT2D eigenvalue weighted by Crippen LogP contribution is 2.38. The average Bonchev–Trinajstić information content (AvgIpc) is 2.94. The van der Waals surface area contributed by atoms with E-state index in [1.807, 2.05) is 29.2 Å². The molecule has 3 aromatic rings. The number of halogens is 3. The third-order valence-electron chi connectivity index (χ3n) is 7.92. The quantitative estimate of drug-likeness (QED) is 0.334. The van der Waals surface area contributed by atoms with E-state index in [4.69, 9.17) is 27.9 Å². The van der Waals surface area contributed by atoms with Crippen LogP contribution in [0, 0.1) is 11.2 Å². The van der Waals surface area contributed by atoms with Crippen LogP contribution in [0.1, 0.15) is 36.0 Å². The number of amides is 2. The maximum absolute atomic E-state index is 14.3. The van der Waals surface area contributed by atoms with E-state index in [9.17, 15) is 14.0 Å². The maximum atomic E-state index is 14.3. The minimum Gasteiger partial charge on any atom is -0.493 e. The van der Waals surface area contributed by atoms with Crippen molar-refractivity contribution >= 4 is 35.0 Å². The molecule has 0 radical (unpaired) electrons. The van der Waals surface area contributed by atoms with E-state index in [0.29, 0.717) is 62.8 Å². The Labute approximate surface area is 238 Å². The zero-order chi connectivity index (χ0) is 27.4. The van der Waals surface area contributed by atoms with Gasteiger partial charge in [0.1, 0.15) is 11.6 Å². The summed E-state index contributed by atoms with van der Waals surface area (Å²) in [5.74, 6) is 0.0854. The van der Waals surface area contributed by atoms with E-state index in [0.717, 1.165) is 6.42 Å². The summed E-state index contributed by atoms with van der Waals surface area (Å²) in [6.45, 7) is 2.55. The summed E-state index contributed by atoms with van der Waals surface area (Å²) in [6.07, 6.45) is 2.27. The minimum atomic E-state index is -0.481.